The molecule has 2 heterocycles. The van der Waals surface area contributed by atoms with Crippen LogP contribution in [-0.2, 0) is 27.3 Å². The van der Waals surface area contributed by atoms with Crippen LogP contribution >= 0.6 is 46.3 Å². The Hall–Kier alpha value is -5.58. The second-order valence-electron chi connectivity index (χ2n) is 13.9. The van der Waals surface area contributed by atoms with Crippen molar-refractivity contribution in [3.05, 3.63) is 152 Å². The number of hydrogen-bond acceptors (Lipinski definition) is 8. The molecule has 6 rings (SSSR count). The predicted octanol–water partition coefficient (Wildman–Crippen LogP) is 10.1. The molecule has 4 amide bonds. The highest BCUT2D eigenvalue weighted by Crippen LogP contribution is 2.41. The van der Waals surface area contributed by atoms with Gasteiger partial charge in [0, 0.05) is 37.6 Å². The number of thioether (sulfide) groups is 1. The molecule has 0 spiro atoms. The number of ether oxygens (including phenoxy) is 1. The number of rotatable bonds is 10. The van der Waals surface area contributed by atoms with Crippen LogP contribution in [0.15, 0.2) is 114 Å². The number of thiophene rings is 1. The van der Waals surface area contributed by atoms with Crippen molar-refractivity contribution in [2.24, 2.45) is 0 Å². The maximum atomic E-state index is 14.2. The van der Waals surface area contributed by atoms with Crippen molar-refractivity contribution in [2.75, 3.05) is 17.2 Å². The molecule has 10 nitrogen and oxygen atoms in total. The summed E-state index contributed by atoms with van der Waals surface area (Å²) >= 11 is 15.1. The molecule has 290 valence electrons. The molecule has 0 saturated carbocycles. The van der Waals surface area contributed by atoms with Gasteiger partial charge in [-0.15, -0.1) is 23.1 Å². The van der Waals surface area contributed by atoms with Crippen LogP contribution in [0.4, 0.5) is 15.5 Å². The van der Waals surface area contributed by atoms with E-state index >= 15 is 0 Å². The second-order valence-corrected chi connectivity index (χ2v) is 17.0. The number of anilines is 2. The third-order valence-electron chi connectivity index (χ3n) is 8.53. The molecule has 1 aromatic heterocycles. The van der Waals surface area contributed by atoms with E-state index in [1.54, 1.807) is 65.6 Å². The average Bonchev–Trinajstić information content (AvgIpc) is 3.53. The largest absolute Gasteiger partial charge is 0.444 e. The maximum Gasteiger partial charge on any atom is 0.410 e. The summed E-state index contributed by atoms with van der Waals surface area (Å²) in [5, 5.41) is 19.1. The minimum absolute atomic E-state index is 0.0613. The number of nitrogens with zero attached hydrogens (tertiary/aromatic N) is 2. The van der Waals surface area contributed by atoms with Crippen LogP contribution < -0.4 is 16.0 Å². The molecule has 0 fully saturated rings. The van der Waals surface area contributed by atoms with Crippen molar-refractivity contribution in [1.29, 1.82) is 5.26 Å². The molecule has 0 bridgehead atoms. The Bertz CT molecular complexity index is 2390. The lowest BCUT2D eigenvalue weighted by Crippen LogP contribution is -2.39. The Kier molecular flexibility index (Phi) is 13.1. The SMILES string of the molecule is CC(C)(C)OC(=O)N1CCc2c(sc(NC(=O)C(Sc3cccc(NC(=O)/C(=C\c4ccc(Cl)cc4Cl)NC(=O)c4ccccc4)c3)c3ccccc3)c2C#N)C1. The fourth-order valence-corrected chi connectivity index (χ4v) is 8.63. The molecule has 1 aliphatic rings. The molecule has 4 aromatic carbocycles. The van der Waals surface area contributed by atoms with Crippen LogP contribution in [0, 0.1) is 11.3 Å². The van der Waals surface area contributed by atoms with E-state index in [9.17, 15) is 24.4 Å². The average molecular weight is 839 g/mol. The number of amides is 4. The number of carbonyl (C=O) groups excluding carboxylic acids is 4. The van der Waals surface area contributed by atoms with Crippen LogP contribution in [0.5, 0.6) is 0 Å². The fraction of sp³-hybridized carbons (Fsp3) is 0.186. The van der Waals surface area contributed by atoms with E-state index in [1.807, 2.05) is 57.2 Å². The van der Waals surface area contributed by atoms with Gasteiger partial charge in [0.2, 0.25) is 5.91 Å². The van der Waals surface area contributed by atoms with Gasteiger partial charge in [-0.25, -0.2) is 4.79 Å². The summed E-state index contributed by atoms with van der Waals surface area (Å²) in [6, 6.07) is 31.8. The molecule has 1 aliphatic heterocycles. The Labute approximate surface area is 348 Å². The first kappa shape index (κ1) is 41.1. The lowest BCUT2D eigenvalue weighted by molar-refractivity contribution is -0.116. The van der Waals surface area contributed by atoms with E-state index in [0.717, 1.165) is 16.0 Å². The molecule has 3 N–H and O–H groups in total. The molecule has 57 heavy (non-hydrogen) atoms. The van der Waals surface area contributed by atoms with E-state index in [1.165, 1.54) is 35.2 Å². The molecule has 0 aliphatic carbocycles. The summed E-state index contributed by atoms with van der Waals surface area (Å²) in [7, 11) is 0. The third kappa shape index (κ3) is 10.6. The molecule has 14 heteroatoms. The highest BCUT2D eigenvalue weighted by Gasteiger charge is 2.31. The van der Waals surface area contributed by atoms with Gasteiger partial charge in [0.1, 0.15) is 27.6 Å². The monoisotopic (exact) mass is 837 g/mol. The Balaban J connectivity index is 1.23. The first-order chi connectivity index (χ1) is 27.3. The Morgan fingerprint density at radius 2 is 1.65 bits per heavy atom. The normalized spacial score (nSPS) is 13.1. The smallest absolute Gasteiger partial charge is 0.410 e. The Morgan fingerprint density at radius 1 is 0.930 bits per heavy atom. The number of benzene rings is 4. The highest BCUT2D eigenvalue weighted by atomic mass is 35.5. The van der Waals surface area contributed by atoms with E-state index < -0.39 is 28.8 Å². The fourth-order valence-electron chi connectivity index (χ4n) is 5.87. The van der Waals surface area contributed by atoms with Gasteiger partial charge in [0.25, 0.3) is 11.8 Å². The summed E-state index contributed by atoms with van der Waals surface area (Å²) < 4.78 is 5.56. The number of nitrogens with one attached hydrogen (secondary N) is 3. The van der Waals surface area contributed by atoms with Gasteiger partial charge in [-0.1, -0.05) is 83.9 Å². The van der Waals surface area contributed by atoms with Crippen molar-refractivity contribution < 1.29 is 23.9 Å². The van der Waals surface area contributed by atoms with Crippen LogP contribution in [-0.4, -0.2) is 40.9 Å². The Morgan fingerprint density at radius 3 is 2.33 bits per heavy atom. The first-order valence-electron chi connectivity index (χ1n) is 17.8. The quantitative estimate of drug-likeness (QED) is 0.0940. The summed E-state index contributed by atoms with van der Waals surface area (Å²) in [6.07, 6.45) is 1.49. The standard InChI is InChI=1S/C43H37Cl2N5O5S2/c1-43(2,3)55-42(54)50-20-19-32-33(24-46)41(57-36(32)25-50)49-40(53)37(26-11-6-4-7-12-26)56-31-16-10-15-30(23-31)47-39(52)35(21-28-17-18-29(44)22-34(28)45)48-38(51)27-13-8-5-9-14-27/h4-18,21-23,37H,19-20,25H2,1-3H3,(H,47,52)(H,48,51)(H,49,53)/b35-21+. The van der Waals surface area contributed by atoms with Gasteiger partial charge in [-0.3, -0.25) is 14.4 Å². The van der Waals surface area contributed by atoms with Crippen molar-refractivity contribution in [2.45, 2.75) is 49.5 Å². The van der Waals surface area contributed by atoms with Crippen molar-refractivity contribution in [3.8, 4) is 6.07 Å². The number of nitriles is 1. The maximum absolute atomic E-state index is 14.2. The van der Waals surface area contributed by atoms with E-state index in [4.69, 9.17) is 27.9 Å². The molecule has 0 radical (unpaired) electrons. The van der Waals surface area contributed by atoms with E-state index in [-0.39, 0.29) is 23.2 Å². The summed E-state index contributed by atoms with van der Waals surface area (Å²) in [4.78, 5) is 57.0. The summed E-state index contributed by atoms with van der Waals surface area (Å²) in [6.45, 7) is 6.09. The van der Waals surface area contributed by atoms with Crippen LogP contribution in [0.25, 0.3) is 6.08 Å². The highest BCUT2D eigenvalue weighted by molar-refractivity contribution is 8.00. The van der Waals surface area contributed by atoms with Crippen LogP contribution in [0.3, 0.4) is 0 Å². The van der Waals surface area contributed by atoms with Gasteiger partial charge >= 0.3 is 6.09 Å². The number of fused-ring (bicyclic) bond motifs is 1. The van der Waals surface area contributed by atoms with Gasteiger partial charge in [-0.2, -0.15) is 5.26 Å². The number of hydrogen-bond donors (Lipinski definition) is 3. The molecule has 0 saturated heterocycles. The number of carbonyl (C=O) groups is 4. The zero-order chi connectivity index (χ0) is 40.7. The summed E-state index contributed by atoms with van der Waals surface area (Å²) in [5.41, 5.74) is 2.45. The predicted molar refractivity (Wildman–Crippen MR) is 226 cm³/mol. The van der Waals surface area contributed by atoms with Gasteiger partial charge in [0.15, 0.2) is 0 Å². The third-order valence-corrected chi connectivity index (χ3v) is 11.5. The van der Waals surface area contributed by atoms with Crippen molar-refractivity contribution in [1.82, 2.24) is 10.2 Å². The lowest BCUT2D eigenvalue weighted by Gasteiger charge is -2.29. The zero-order valence-electron chi connectivity index (χ0n) is 31.1. The van der Waals surface area contributed by atoms with Crippen LogP contribution in [0.2, 0.25) is 10.0 Å². The second kappa shape index (κ2) is 18.1. The molecule has 5 aromatic rings. The molecule has 1 atom stereocenters. The van der Waals surface area contributed by atoms with E-state index in [0.29, 0.717) is 50.3 Å². The van der Waals surface area contributed by atoms with Gasteiger partial charge in [0.05, 0.1) is 12.1 Å². The minimum Gasteiger partial charge on any atom is -0.444 e. The summed E-state index contributed by atoms with van der Waals surface area (Å²) in [5.74, 6) is -1.45. The molecular weight excluding hydrogens is 802 g/mol. The van der Waals surface area contributed by atoms with E-state index in [2.05, 4.69) is 22.0 Å². The van der Waals surface area contributed by atoms with Crippen molar-refractivity contribution >= 4 is 86.9 Å². The van der Waals surface area contributed by atoms with Crippen LogP contribution in [0.1, 0.15) is 63.5 Å². The van der Waals surface area contributed by atoms with Gasteiger partial charge < -0.3 is 25.6 Å². The van der Waals surface area contributed by atoms with Crippen molar-refractivity contribution in [3.63, 3.8) is 0 Å². The minimum atomic E-state index is -0.756. The molecule has 1 unspecified atom stereocenters. The lowest BCUT2D eigenvalue weighted by atomic mass is 10.0. The number of halogens is 2. The topological polar surface area (TPSA) is 141 Å². The van der Waals surface area contributed by atoms with Gasteiger partial charge in [-0.05, 0) is 92.4 Å². The zero-order valence-corrected chi connectivity index (χ0v) is 34.2. The molecular formula is C43H37Cl2N5O5S2. The first-order valence-corrected chi connectivity index (χ1v) is 20.2.